The third kappa shape index (κ3) is 6.40. The Kier molecular flexibility index (Phi) is 7.84. The number of hydrogen-bond donors (Lipinski definition) is 1. The average Bonchev–Trinajstić information content (AvgIpc) is 3.09. The largest absolute Gasteiger partial charge is 0.450 e. The van der Waals surface area contributed by atoms with Crippen LogP contribution < -0.4 is 5.32 Å². The zero-order valence-corrected chi connectivity index (χ0v) is 19.0. The second-order valence-electron chi connectivity index (χ2n) is 7.65. The standard InChI is InChI=1S/C22H29N3O5S/c1-4-29-22(27)25-10-8-18(9-11-25)23-20(26)14-31(28)13-19-16(3)30-21(24-19)17-7-5-6-15(2)12-17/h5-7,12,18H,4,8-11,13-14H2,1-3H3,(H,23,26). The molecule has 1 aromatic carbocycles. The Bertz CT molecular complexity index is 950. The first-order valence-electron chi connectivity index (χ1n) is 10.4. The fourth-order valence-corrected chi connectivity index (χ4v) is 4.55. The number of hydrogen-bond acceptors (Lipinski definition) is 6. The van der Waals surface area contributed by atoms with Crippen LogP contribution in [0.4, 0.5) is 4.79 Å². The summed E-state index contributed by atoms with van der Waals surface area (Å²) in [5.41, 5.74) is 2.57. The molecular formula is C22H29N3O5S. The van der Waals surface area contributed by atoms with Crippen LogP contribution in [0.15, 0.2) is 28.7 Å². The van der Waals surface area contributed by atoms with E-state index in [0.29, 0.717) is 49.9 Å². The Morgan fingerprint density at radius 3 is 2.71 bits per heavy atom. The monoisotopic (exact) mass is 447 g/mol. The number of piperidine rings is 1. The molecule has 0 bridgehead atoms. The first-order valence-corrected chi connectivity index (χ1v) is 11.9. The molecule has 1 atom stereocenters. The maximum absolute atomic E-state index is 12.5. The average molecular weight is 448 g/mol. The van der Waals surface area contributed by atoms with Crippen molar-refractivity contribution in [2.24, 2.45) is 0 Å². The summed E-state index contributed by atoms with van der Waals surface area (Å²) in [6.45, 7) is 6.97. The first kappa shape index (κ1) is 23.0. The van der Waals surface area contributed by atoms with Crippen LogP contribution in [-0.2, 0) is 26.1 Å². The first-order chi connectivity index (χ1) is 14.9. The highest BCUT2D eigenvalue weighted by atomic mass is 32.2. The van der Waals surface area contributed by atoms with E-state index in [9.17, 15) is 13.8 Å². The van der Waals surface area contributed by atoms with Crippen molar-refractivity contribution in [3.8, 4) is 11.5 Å². The lowest BCUT2D eigenvalue weighted by atomic mass is 10.1. The molecule has 2 aromatic rings. The molecule has 1 unspecified atom stereocenters. The number of oxazole rings is 1. The molecule has 0 aliphatic carbocycles. The van der Waals surface area contributed by atoms with Crippen LogP contribution in [0.2, 0.25) is 0 Å². The van der Waals surface area contributed by atoms with Gasteiger partial charge in [0.25, 0.3) is 0 Å². The van der Waals surface area contributed by atoms with Gasteiger partial charge in [-0.3, -0.25) is 9.00 Å². The summed E-state index contributed by atoms with van der Waals surface area (Å²) in [6.07, 6.45) is 0.986. The molecule has 168 valence electrons. The van der Waals surface area contributed by atoms with Crippen molar-refractivity contribution >= 4 is 22.8 Å². The predicted molar refractivity (Wildman–Crippen MR) is 118 cm³/mol. The van der Waals surface area contributed by atoms with E-state index in [2.05, 4.69) is 10.3 Å². The van der Waals surface area contributed by atoms with Crippen molar-refractivity contribution in [1.29, 1.82) is 0 Å². The van der Waals surface area contributed by atoms with Crippen LogP contribution in [0, 0.1) is 13.8 Å². The summed E-state index contributed by atoms with van der Waals surface area (Å²) in [6, 6.07) is 7.79. The number of aryl methyl sites for hydroxylation is 2. The third-order valence-corrected chi connectivity index (χ3v) is 6.31. The molecule has 2 heterocycles. The number of aromatic nitrogens is 1. The molecule has 2 amide bonds. The van der Waals surface area contributed by atoms with E-state index in [1.807, 2.05) is 31.2 Å². The highest BCUT2D eigenvalue weighted by Crippen LogP contribution is 2.23. The maximum atomic E-state index is 12.5. The SMILES string of the molecule is CCOC(=O)N1CCC(NC(=O)CS(=O)Cc2nc(-c3cccc(C)c3)oc2C)CC1. The Balaban J connectivity index is 1.48. The van der Waals surface area contributed by atoms with Gasteiger partial charge in [-0.15, -0.1) is 0 Å². The molecule has 0 radical (unpaired) electrons. The minimum Gasteiger partial charge on any atom is -0.450 e. The van der Waals surface area contributed by atoms with E-state index in [1.165, 1.54) is 0 Å². The molecule has 1 fully saturated rings. The zero-order chi connectivity index (χ0) is 22.4. The second kappa shape index (κ2) is 10.6. The van der Waals surface area contributed by atoms with Gasteiger partial charge in [0, 0.05) is 35.5 Å². The topological polar surface area (TPSA) is 102 Å². The van der Waals surface area contributed by atoms with Crippen LogP contribution in [0.3, 0.4) is 0 Å². The number of amides is 2. The molecule has 9 heteroatoms. The van der Waals surface area contributed by atoms with Gasteiger partial charge < -0.3 is 19.4 Å². The molecule has 3 rings (SSSR count). The minimum absolute atomic E-state index is 0.0307. The van der Waals surface area contributed by atoms with E-state index >= 15 is 0 Å². The van der Waals surface area contributed by atoms with E-state index in [4.69, 9.17) is 9.15 Å². The Labute approximate surface area is 184 Å². The maximum Gasteiger partial charge on any atom is 0.409 e. The zero-order valence-electron chi connectivity index (χ0n) is 18.2. The van der Waals surface area contributed by atoms with Crippen molar-refractivity contribution < 1.29 is 23.0 Å². The van der Waals surface area contributed by atoms with Gasteiger partial charge in [-0.1, -0.05) is 17.7 Å². The number of carbonyl (C=O) groups excluding carboxylic acids is 2. The van der Waals surface area contributed by atoms with Crippen molar-refractivity contribution in [1.82, 2.24) is 15.2 Å². The molecule has 1 aliphatic heterocycles. The molecule has 1 aliphatic rings. The third-order valence-electron chi connectivity index (χ3n) is 5.13. The second-order valence-corrected chi connectivity index (χ2v) is 9.10. The fraction of sp³-hybridized carbons (Fsp3) is 0.500. The lowest BCUT2D eigenvalue weighted by molar-refractivity contribution is -0.119. The van der Waals surface area contributed by atoms with Crippen LogP contribution in [-0.4, -0.2) is 57.6 Å². The molecule has 8 nitrogen and oxygen atoms in total. The molecule has 1 saturated heterocycles. The molecule has 1 N–H and O–H groups in total. The van der Waals surface area contributed by atoms with E-state index in [0.717, 1.165) is 11.1 Å². The number of nitrogens with one attached hydrogen (secondary N) is 1. The van der Waals surface area contributed by atoms with Gasteiger partial charge in [-0.2, -0.15) is 0 Å². The van der Waals surface area contributed by atoms with Crippen LogP contribution in [0.1, 0.15) is 36.8 Å². The summed E-state index contributed by atoms with van der Waals surface area (Å²) in [7, 11) is -1.40. The number of nitrogens with zero attached hydrogens (tertiary/aromatic N) is 2. The number of benzene rings is 1. The highest BCUT2D eigenvalue weighted by Gasteiger charge is 2.25. The summed E-state index contributed by atoms with van der Waals surface area (Å²) >= 11 is 0. The van der Waals surface area contributed by atoms with Gasteiger partial charge in [0.05, 0.1) is 18.1 Å². The summed E-state index contributed by atoms with van der Waals surface area (Å²) < 4.78 is 23.3. The van der Waals surface area contributed by atoms with Crippen LogP contribution in [0.25, 0.3) is 11.5 Å². The molecule has 1 aromatic heterocycles. The van der Waals surface area contributed by atoms with Gasteiger partial charge in [-0.25, -0.2) is 9.78 Å². The smallest absolute Gasteiger partial charge is 0.409 e. The number of carbonyl (C=O) groups is 2. The Morgan fingerprint density at radius 1 is 1.29 bits per heavy atom. The quantitative estimate of drug-likeness (QED) is 0.700. The van der Waals surface area contributed by atoms with E-state index in [1.54, 1.807) is 18.7 Å². The van der Waals surface area contributed by atoms with Crippen molar-refractivity contribution in [3.63, 3.8) is 0 Å². The van der Waals surface area contributed by atoms with Crippen LogP contribution in [0.5, 0.6) is 0 Å². The fourth-order valence-electron chi connectivity index (χ4n) is 3.50. The summed E-state index contributed by atoms with van der Waals surface area (Å²) in [5, 5.41) is 2.92. The lowest BCUT2D eigenvalue weighted by Gasteiger charge is -2.31. The van der Waals surface area contributed by atoms with Gasteiger partial charge in [0.15, 0.2) is 0 Å². The van der Waals surface area contributed by atoms with Crippen molar-refractivity contribution in [3.05, 3.63) is 41.3 Å². The predicted octanol–water partition coefficient (Wildman–Crippen LogP) is 2.94. The normalized spacial score (nSPS) is 15.5. The Hall–Kier alpha value is -2.68. The molecule has 31 heavy (non-hydrogen) atoms. The number of rotatable bonds is 7. The van der Waals surface area contributed by atoms with Crippen molar-refractivity contribution in [2.45, 2.75) is 45.4 Å². The summed E-state index contributed by atoms with van der Waals surface area (Å²) in [5.74, 6) is 0.913. The van der Waals surface area contributed by atoms with Gasteiger partial charge >= 0.3 is 6.09 Å². The van der Waals surface area contributed by atoms with E-state index in [-0.39, 0.29) is 29.5 Å². The van der Waals surface area contributed by atoms with Gasteiger partial charge in [-0.05, 0) is 45.7 Å². The summed E-state index contributed by atoms with van der Waals surface area (Å²) in [4.78, 5) is 30.2. The van der Waals surface area contributed by atoms with Gasteiger partial charge in [0.2, 0.25) is 11.8 Å². The van der Waals surface area contributed by atoms with E-state index < -0.39 is 10.8 Å². The molecule has 0 spiro atoms. The minimum atomic E-state index is -1.40. The lowest BCUT2D eigenvalue weighted by Crippen LogP contribution is -2.47. The molecule has 0 saturated carbocycles. The van der Waals surface area contributed by atoms with Crippen LogP contribution >= 0.6 is 0 Å². The number of likely N-dealkylation sites (tertiary alicyclic amines) is 1. The van der Waals surface area contributed by atoms with Gasteiger partial charge in [0.1, 0.15) is 11.5 Å². The molecular weight excluding hydrogens is 418 g/mol. The number of ether oxygens (including phenoxy) is 1. The highest BCUT2D eigenvalue weighted by molar-refractivity contribution is 7.84. The van der Waals surface area contributed by atoms with Crippen molar-refractivity contribution in [2.75, 3.05) is 25.4 Å². The Morgan fingerprint density at radius 2 is 2.03 bits per heavy atom.